The Labute approximate surface area is 60.0 Å². The fourth-order valence-electron chi connectivity index (χ4n) is 0.546. The van der Waals surface area contributed by atoms with Gasteiger partial charge in [0.15, 0.2) is 0 Å². The highest BCUT2D eigenvalue weighted by Gasteiger charge is 2.20. The van der Waals surface area contributed by atoms with Crippen LogP contribution in [0.25, 0.3) is 0 Å². The van der Waals surface area contributed by atoms with Gasteiger partial charge in [-0.15, -0.1) is 0 Å². The molecule has 0 aliphatic heterocycles. The van der Waals surface area contributed by atoms with Crippen LogP contribution in [-0.2, 0) is 0 Å². The normalized spacial score (nSPS) is 9.45. The lowest BCUT2D eigenvalue weighted by Crippen LogP contribution is -2.03. The van der Waals surface area contributed by atoms with Crippen molar-refractivity contribution in [2.75, 3.05) is 0 Å². The Bertz CT molecular complexity index is 273. The quantitative estimate of drug-likeness (QED) is 0.629. The minimum Gasteiger partial charge on any atom is -0.477 e. The minimum atomic E-state index is -1.44. The average molecular weight is 157 g/mol. The molecule has 1 aromatic heterocycles. The maximum atomic E-state index is 10.2. The zero-order chi connectivity index (χ0) is 8.43. The standard InChI is InChI=1S/C5H3NO5/c7-4(8)2-1-6-11-3(2)5(9)10/h1H,(H,7,8)(H,9,10). The molecule has 0 aliphatic carbocycles. The lowest BCUT2D eigenvalue weighted by molar-refractivity contribution is 0.0619. The van der Waals surface area contributed by atoms with Gasteiger partial charge in [0, 0.05) is 0 Å². The molecule has 0 amide bonds. The van der Waals surface area contributed by atoms with Gasteiger partial charge in [-0.3, -0.25) is 0 Å². The maximum Gasteiger partial charge on any atom is 0.375 e. The van der Waals surface area contributed by atoms with Crippen LogP contribution in [0.2, 0.25) is 0 Å². The molecule has 0 saturated heterocycles. The monoisotopic (exact) mass is 157 g/mol. The van der Waals surface area contributed by atoms with Gasteiger partial charge in [0.2, 0.25) is 0 Å². The number of aromatic nitrogens is 1. The van der Waals surface area contributed by atoms with Crippen LogP contribution < -0.4 is 0 Å². The van der Waals surface area contributed by atoms with Crippen molar-refractivity contribution in [3.63, 3.8) is 0 Å². The molecular formula is C5H3NO5. The summed E-state index contributed by atoms with van der Waals surface area (Å²) < 4.78 is 4.16. The van der Waals surface area contributed by atoms with Crippen molar-refractivity contribution >= 4 is 11.9 Å². The van der Waals surface area contributed by atoms with E-state index in [1.165, 1.54) is 0 Å². The summed E-state index contributed by atoms with van der Waals surface area (Å²) in [6, 6.07) is 0. The van der Waals surface area contributed by atoms with Gasteiger partial charge >= 0.3 is 11.9 Å². The fraction of sp³-hybridized carbons (Fsp3) is 0. The van der Waals surface area contributed by atoms with E-state index in [-0.39, 0.29) is 0 Å². The summed E-state index contributed by atoms with van der Waals surface area (Å²) in [5, 5.41) is 19.7. The first kappa shape index (κ1) is 7.26. The predicted molar refractivity (Wildman–Crippen MR) is 30.4 cm³/mol. The number of carboxylic acids is 2. The maximum absolute atomic E-state index is 10.2. The van der Waals surface area contributed by atoms with E-state index in [1.54, 1.807) is 0 Å². The molecule has 11 heavy (non-hydrogen) atoms. The van der Waals surface area contributed by atoms with Crippen molar-refractivity contribution in [1.29, 1.82) is 0 Å². The van der Waals surface area contributed by atoms with E-state index in [9.17, 15) is 9.59 Å². The van der Waals surface area contributed by atoms with Gasteiger partial charge < -0.3 is 14.7 Å². The van der Waals surface area contributed by atoms with Gasteiger partial charge in [0.05, 0.1) is 6.20 Å². The fourth-order valence-corrected chi connectivity index (χ4v) is 0.546. The molecule has 0 aliphatic rings. The van der Waals surface area contributed by atoms with E-state index in [4.69, 9.17) is 10.2 Å². The van der Waals surface area contributed by atoms with Crippen molar-refractivity contribution in [2.45, 2.75) is 0 Å². The van der Waals surface area contributed by atoms with Crippen LogP contribution in [0, 0.1) is 0 Å². The Balaban J connectivity index is 3.16. The molecule has 1 rings (SSSR count). The summed E-state index contributed by atoms with van der Waals surface area (Å²) in [6.07, 6.45) is 0.839. The molecule has 0 radical (unpaired) electrons. The van der Waals surface area contributed by atoms with Crippen molar-refractivity contribution in [3.05, 3.63) is 17.5 Å². The van der Waals surface area contributed by atoms with Crippen molar-refractivity contribution in [3.8, 4) is 0 Å². The van der Waals surface area contributed by atoms with Crippen LogP contribution in [-0.4, -0.2) is 27.3 Å². The van der Waals surface area contributed by atoms with E-state index in [2.05, 4.69) is 9.68 Å². The number of hydrogen-bond donors (Lipinski definition) is 2. The Morgan fingerprint density at radius 1 is 1.36 bits per heavy atom. The van der Waals surface area contributed by atoms with Gasteiger partial charge in [0.25, 0.3) is 5.76 Å². The molecule has 58 valence electrons. The summed E-state index contributed by atoms with van der Waals surface area (Å²) in [6.45, 7) is 0. The molecule has 0 atom stereocenters. The molecule has 6 heteroatoms. The van der Waals surface area contributed by atoms with Crippen LogP contribution in [0.4, 0.5) is 0 Å². The molecule has 1 heterocycles. The van der Waals surface area contributed by atoms with Crippen molar-refractivity contribution < 1.29 is 24.3 Å². The summed E-state index contributed by atoms with van der Waals surface area (Å²) in [5.41, 5.74) is -0.447. The second-order valence-corrected chi connectivity index (χ2v) is 1.68. The third-order valence-electron chi connectivity index (χ3n) is 0.995. The number of carbonyl (C=O) groups is 2. The molecule has 6 nitrogen and oxygen atoms in total. The zero-order valence-corrected chi connectivity index (χ0v) is 5.14. The summed E-state index contributed by atoms with van der Waals surface area (Å²) >= 11 is 0. The lowest BCUT2D eigenvalue weighted by Gasteiger charge is -1.86. The predicted octanol–water partition coefficient (Wildman–Crippen LogP) is 0.0710. The first-order chi connectivity index (χ1) is 5.13. The van der Waals surface area contributed by atoms with Gasteiger partial charge in [-0.1, -0.05) is 5.16 Å². The van der Waals surface area contributed by atoms with E-state index < -0.39 is 23.3 Å². The minimum absolute atomic E-state index is 0.447. The van der Waals surface area contributed by atoms with Crippen LogP contribution in [0.1, 0.15) is 20.9 Å². The summed E-state index contributed by atoms with van der Waals surface area (Å²) in [7, 11) is 0. The number of aromatic carboxylic acids is 2. The van der Waals surface area contributed by atoms with Gasteiger partial charge in [-0.25, -0.2) is 9.59 Å². The molecule has 0 spiro atoms. The van der Waals surface area contributed by atoms with Crippen molar-refractivity contribution in [1.82, 2.24) is 5.16 Å². The lowest BCUT2D eigenvalue weighted by atomic mass is 10.3. The van der Waals surface area contributed by atoms with E-state index >= 15 is 0 Å². The van der Waals surface area contributed by atoms with Crippen LogP contribution in [0.15, 0.2) is 10.7 Å². The van der Waals surface area contributed by atoms with Crippen LogP contribution in [0.3, 0.4) is 0 Å². The first-order valence-corrected chi connectivity index (χ1v) is 2.54. The van der Waals surface area contributed by atoms with Gasteiger partial charge in [-0.2, -0.15) is 0 Å². The Hall–Kier alpha value is -1.85. The molecular weight excluding hydrogens is 154 g/mol. The summed E-state index contributed by atoms with van der Waals surface area (Å²) in [5.74, 6) is -3.47. The molecule has 0 aromatic carbocycles. The molecule has 0 unspecified atom stereocenters. The SMILES string of the molecule is O=C(O)c1cnoc1C(=O)O. The highest BCUT2D eigenvalue weighted by atomic mass is 16.5. The van der Waals surface area contributed by atoms with E-state index in [0.717, 1.165) is 6.20 Å². The Kier molecular flexibility index (Phi) is 1.59. The summed E-state index contributed by atoms with van der Waals surface area (Å²) in [4.78, 5) is 20.4. The van der Waals surface area contributed by atoms with E-state index in [1.807, 2.05) is 0 Å². The smallest absolute Gasteiger partial charge is 0.375 e. The molecule has 1 aromatic rings. The highest BCUT2D eigenvalue weighted by molar-refractivity contribution is 5.99. The molecule has 2 N–H and O–H groups in total. The second kappa shape index (κ2) is 2.41. The molecule has 0 saturated carbocycles. The van der Waals surface area contributed by atoms with Gasteiger partial charge in [-0.05, 0) is 0 Å². The topological polar surface area (TPSA) is 101 Å². The number of carboxylic acid groups (broad SMARTS) is 2. The molecule has 0 fully saturated rings. The third kappa shape index (κ3) is 1.18. The number of rotatable bonds is 2. The highest BCUT2D eigenvalue weighted by Crippen LogP contribution is 2.06. The van der Waals surface area contributed by atoms with Crippen molar-refractivity contribution in [2.24, 2.45) is 0 Å². The number of hydrogen-bond acceptors (Lipinski definition) is 4. The number of nitrogens with zero attached hydrogens (tertiary/aromatic N) is 1. The van der Waals surface area contributed by atoms with Crippen LogP contribution >= 0.6 is 0 Å². The Morgan fingerprint density at radius 3 is 2.36 bits per heavy atom. The second-order valence-electron chi connectivity index (χ2n) is 1.68. The first-order valence-electron chi connectivity index (χ1n) is 2.54. The molecule has 0 bridgehead atoms. The van der Waals surface area contributed by atoms with Gasteiger partial charge in [0.1, 0.15) is 5.56 Å². The Morgan fingerprint density at radius 2 is 2.00 bits per heavy atom. The largest absolute Gasteiger partial charge is 0.477 e. The third-order valence-corrected chi connectivity index (χ3v) is 0.995. The van der Waals surface area contributed by atoms with E-state index in [0.29, 0.717) is 0 Å². The zero-order valence-electron chi connectivity index (χ0n) is 5.14. The average Bonchev–Trinajstić information content (AvgIpc) is 2.32. The van der Waals surface area contributed by atoms with Crippen LogP contribution in [0.5, 0.6) is 0 Å².